The molecule has 112 valence electrons. The Hall–Kier alpha value is -1.99. The molecule has 1 heteroatoms. The molecule has 0 saturated carbocycles. The first-order valence-electron chi connectivity index (χ1n) is 7.76. The number of benzene rings is 3. The van der Waals surface area contributed by atoms with Crippen molar-refractivity contribution in [1.82, 2.24) is 0 Å². The van der Waals surface area contributed by atoms with Gasteiger partial charge >= 0.3 is 0 Å². The molecule has 22 heavy (non-hydrogen) atoms. The van der Waals surface area contributed by atoms with Crippen LogP contribution in [-0.4, -0.2) is 5.75 Å². The Bertz CT molecular complexity index is 693. The van der Waals surface area contributed by atoms with E-state index in [4.69, 9.17) is 0 Å². The van der Waals surface area contributed by atoms with Gasteiger partial charge in [-0.2, -0.15) is 10.0 Å². The first kappa shape index (κ1) is 14.9. The Morgan fingerprint density at radius 1 is 0.636 bits per heavy atom. The van der Waals surface area contributed by atoms with Gasteiger partial charge in [-0.3, -0.25) is 0 Å². The van der Waals surface area contributed by atoms with Gasteiger partial charge in [-0.25, -0.2) is 0 Å². The highest BCUT2D eigenvalue weighted by molar-refractivity contribution is 8.33. The van der Waals surface area contributed by atoms with Crippen LogP contribution < -0.4 is 0 Å². The lowest BCUT2D eigenvalue weighted by molar-refractivity contribution is 1.21. The average Bonchev–Trinajstić information content (AvgIpc) is 2.59. The lowest BCUT2D eigenvalue weighted by Gasteiger charge is -2.41. The monoisotopic (exact) mass is 306 g/mol. The third-order valence-corrected chi connectivity index (χ3v) is 8.42. The molecule has 0 atom stereocenters. The Morgan fingerprint density at radius 2 is 1.09 bits per heavy atom. The molecule has 0 bridgehead atoms. The van der Waals surface area contributed by atoms with Crippen molar-refractivity contribution in [3.05, 3.63) is 90.5 Å². The zero-order valence-electron chi connectivity index (χ0n) is 13.2. The second-order valence-electron chi connectivity index (χ2n) is 5.42. The van der Waals surface area contributed by atoms with E-state index < -0.39 is 10.0 Å². The summed E-state index contributed by atoms with van der Waals surface area (Å²) in [5, 5.41) is 0. The molecule has 0 aliphatic carbocycles. The molecule has 0 aromatic heterocycles. The summed E-state index contributed by atoms with van der Waals surface area (Å²) in [5.74, 6) is 1.12. The van der Waals surface area contributed by atoms with E-state index in [2.05, 4.69) is 98.8 Å². The summed E-state index contributed by atoms with van der Waals surface area (Å²) in [6.07, 6.45) is 0. The van der Waals surface area contributed by atoms with E-state index in [9.17, 15) is 0 Å². The van der Waals surface area contributed by atoms with E-state index in [0.717, 1.165) is 5.75 Å². The molecule has 0 nitrogen and oxygen atoms in total. The molecular weight excluding hydrogens is 284 g/mol. The first-order valence-corrected chi connectivity index (χ1v) is 9.56. The Kier molecular flexibility index (Phi) is 4.35. The van der Waals surface area contributed by atoms with Gasteiger partial charge in [0.2, 0.25) is 0 Å². The molecule has 3 aromatic rings. The maximum absolute atomic E-state index is 2.32. The highest BCUT2D eigenvalue weighted by Gasteiger charge is 2.29. The van der Waals surface area contributed by atoms with Gasteiger partial charge in [-0.15, -0.1) is 0 Å². The molecule has 0 aliphatic rings. The van der Waals surface area contributed by atoms with Crippen LogP contribution in [0.3, 0.4) is 0 Å². The van der Waals surface area contributed by atoms with Gasteiger partial charge in [-0.05, 0) is 58.4 Å². The van der Waals surface area contributed by atoms with Crippen LogP contribution in [0, 0.1) is 6.92 Å². The van der Waals surface area contributed by atoms with Crippen molar-refractivity contribution in [1.29, 1.82) is 0 Å². The lowest BCUT2D eigenvalue weighted by Crippen LogP contribution is -2.07. The highest BCUT2D eigenvalue weighted by Crippen LogP contribution is 2.68. The van der Waals surface area contributed by atoms with Gasteiger partial charge in [0.15, 0.2) is 0 Å². The second-order valence-corrected chi connectivity index (χ2v) is 8.86. The van der Waals surface area contributed by atoms with Crippen LogP contribution in [0.2, 0.25) is 0 Å². The summed E-state index contributed by atoms with van der Waals surface area (Å²) in [6.45, 7) is 4.56. The summed E-state index contributed by atoms with van der Waals surface area (Å²) < 4.78 is 0. The normalized spacial score (nSPS) is 12.1. The van der Waals surface area contributed by atoms with Gasteiger partial charge in [-0.1, -0.05) is 61.5 Å². The van der Waals surface area contributed by atoms with Crippen LogP contribution in [0.25, 0.3) is 0 Å². The number of hydrogen-bond donors (Lipinski definition) is 0. The fourth-order valence-electron chi connectivity index (χ4n) is 3.13. The van der Waals surface area contributed by atoms with Crippen LogP contribution in [0.1, 0.15) is 12.5 Å². The van der Waals surface area contributed by atoms with Crippen LogP contribution in [0.15, 0.2) is 99.6 Å². The molecule has 0 spiro atoms. The van der Waals surface area contributed by atoms with Gasteiger partial charge in [0.1, 0.15) is 0 Å². The summed E-state index contributed by atoms with van der Waals surface area (Å²) in [7, 11) is -1.20. The smallest absolute Gasteiger partial charge is 0.00106 e. The van der Waals surface area contributed by atoms with E-state index in [1.165, 1.54) is 20.2 Å². The third-order valence-electron chi connectivity index (χ3n) is 4.19. The molecule has 3 aromatic carbocycles. The predicted molar refractivity (Wildman–Crippen MR) is 97.0 cm³/mol. The van der Waals surface area contributed by atoms with E-state index in [1.54, 1.807) is 0 Å². The van der Waals surface area contributed by atoms with Crippen molar-refractivity contribution in [3.63, 3.8) is 0 Å². The van der Waals surface area contributed by atoms with E-state index >= 15 is 0 Å². The van der Waals surface area contributed by atoms with Gasteiger partial charge in [0, 0.05) is 4.90 Å². The van der Waals surface area contributed by atoms with Crippen molar-refractivity contribution in [2.45, 2.75) is 28.5 Å². The predicted octanol–water partition coefficient (Wildman–Crippen LogP) is 6.30. The molecule has 3 rings (SSSR count). The molecule has 0 amide bonds. The third kappa shape index (κ3) is 2.46. The zero-order chi connectivity index (χ0) is 15.4. The SMILES string of the molecule is CCS(c1ccccc1)(c1ccccc1)c1ccccc1C. The minimum Gasteiger partial charge on any atom is -0.160 e. The minimum absolute atomic E-state index is 1.12. The van der Waals surface area contributed by atoms with E-state index in [0.29, 0.717) is 0 Å². The fourth-order valence-corrected chi connectivity index (χ4v) is 7.06. The summed E-state index contributed by atoms with van der Waals surface area (Å²) in [4.78, 5) is 4.37. The quantitative estimate of drug-likeness (QED) is 0.531. The van der Waals surface area contributed by atoms with Crippen LogP contribution in [0.4, 0.5) is 0 Å². The molecule has 0 heterocycles. The van der Waals surface area contributed by atoms with Gasteiger partial charge < -0.3 is 0 Å². The molecular formula is C21H22S. The summed E-state index contributed by atoms with van der Waals surface area (Å²) in [5.41, 5.74) is 1.38. The standard InChI is InChI=1S/C21H22S/c1-3-22(19-13-6-4-7-14-19,20-15-8-5-9-16-20)21-17-11-10-12-18(21)2/h4-17H,3H2,1-2H3. The minimum atomic E-state index is -1.20. The van der Waals surface area contributed by atoms with Crippen LogP contribution in [-0.2, 0) is 0 Å². The van der Waals surface area contributed by atoms with Crippen LogP contribution in [0.5, 0.6) is 0 Å². The molecule has 0 saturated heterocycles. The van der Waals surface area contributed by atoms with E-state index in [1.807, 2.05) is 0 Å². The largest absolute Gasteiger partial charge is 0.160 e. The van der Waals surface area contributed by atoms with Crippen molar-refractivity contribution >= 4 is 10.0 Å². The molecule has 0 unspecified atom stereocenters. The maximum Gasteiger partial charge on any atom is 0.00106 e. The van der Waals surface area contributed by atoms with Crippen LogP contribution >= 0.6 is 10.0 Å². The topological polar surface area (TPSA) is 0 Å². The lowest BCUT2D eigenvalue weighted by atomic mass is 10.2. The summed E-state index contributed by atoms with van der Waals surface area (Å²) in [6, 6.07) is 30.9. The Balaban J connectivity index is 2.34. The number of aryl methyl sites for hydroxylation is 1. The first-order chi connectivity index (χ1) is 10.8. The van der Waals surface area contributed by atoms with Crippen molar-refractivity contribution in [3.8, 4) is 0 Å². The highest BCUT2D eigenvalue weighted by atomic mass is 32.3. The summed E-state index contributed by atoms with van der Waals surface area (Å²) >= 11 is 0. The van der Waals surface area contributed by atoms with Crippen molar-refractivity contribution in [2.75, 3.05) is 5.75 Å². The van der Waals surface area contributed by atoms with Gasteiger partial charge in [0.05, 0.1) is 0 Å². The molecule has 0 fully saturated rings. The van der Waals surface area contributed by atoms with Crippen molar-refractivity contribution in [2.24, 2.45) is 0 Å². The molecule has 0 N–H and O–H groups in total. The maximum atomic E-state index is 2.32. The Morgan fingerprint density at radius 3 is 1.55 bits per heavy atom. The second kappa shape index (κ2) is 6.41. The van der Waals surface area contributed by atoms with Gasteiger partial charge in [0.25, 0.3) is 0 Å². The van der Waals surface area contributed by atoms with Crippen molar-refractivity contribution < 1.29 is 0 Å². The fraction of sp³-hybridized carbons (Fsp3) is 0.143. The van der Waals surface area contributed by atoms with E-state index in [-0.39, 0.29) is 0 Å². The molecule has 0 aliphatic heterocycles. The number of rotatable bonds is 4. The molecule has 0 radical (unpaired) electrons. The average molecular weight is 306 g/mol. The zero-order valence-corrected chi connectivity index (χ0v) is 14.0. The Labute approximate surface area is 135 Å². The number of hydrogen-bond acceptors (Lipinski definition) is 0.